The molecule has 0 spiro atoms. The Morgan fingerprint density at radius 2 is 1.89 bits per heavy atom. The van der Waals surface area contributed by atoms with Gasteiger partial charge < -0.3 is 15.4 Å². The number of hydrogen-bond donors (Lipinski definition) is 1. The molecule has 0 aromatic heterocycles. The molecule has 0 bridgehead atoms. The molecule has 1 aromatic rings. The molecule has 0 fully saturated rings. The molecule has 1 rings (SSSR count). The van der Waals surface area contributed by atoms with Crippen molar-refractivity contribution in [2.75, 3.05) is 27.2 Å². The summed E-state index contributed by atoms with van der Waals surface area (Å²) >= 11 is 0. The van der Waals surface area contributed by atoms with Crippen LogP contribution in [0.1, 0.15) is 29.8 Å². The minimum absolute atomic E-state index is 0.0190. The van der Waals surface area contributed by atoms with E-state index in [0.29, 0.717) is 25.3 Å². The first-order valence-corrected chi connectivity index (χ1v) is 6.43. The fourth-order valence-corrected chi connectivity index (χ4v) is 1.91. The average Bonchev–Trinajstić information content (AvgIpc) is 2.38. The van der Waals surface area contributed by atoms with Crippen LogP contribution in [0.3, 0.4) is 0 Å². The molecule has 2 N–H and O–H groups in total. The van der Waals surface area contributed by atoms with Crippen LogP contribution in [0.15, 0.2) is 24.3 Å². The number of carbonyl (C=O) groups is 1. The summed E-state index contributed by atoms with van der Waals surface area (Å²) in [4.78, 5) is 14.0. The van der Waals surface area contributed by atoms with Crippen molar-refractivity contribution >= 4 is 5.91 Å². The molecule has 1 amide bonds. The number of methoxy groups -OCH3 is 1. The Labute approximate surface area is 115 Å². The lowest BCUT2D eigenvalue weighted by molar-refractivity contribution is 0.0740. The predicted molar refractivity (Wildman–Crippen MR) is 77.0 cm³/mol. The third-order valence-corrected chi connectivity index (χ3v) is 3.08. The Balaban J connectivity index is 2.71. The van der Waals surface area contributed by atoms with Crippen molar-refractivity contribution in [2.24, 2.45) is 11.1 Å². The van der Waals surface area contributed by atoms with Gasteiger partial charge in [-0.1, -0.05) is 26.0 Å². The second kappa shape index (κ2) is 6.68. The topological polar surface area (TPSA) is 55.6 Å². The van der Waals surface area contributed by atoms with E-state index in [2.05, 4.69) is 13.8 Å². The first-order chi connectivity index (χ1) is 8.89. The number of rotatable bonds is 6. The van der Waals surface area contributed by atoms with E-state index in [9.17, 15) is 4.79 Å². The summed E-state index contributed by atoms with van der Waals surface area (Å²) in [5.41, 5.74) is 7.37. The molecule has 0 saturated carbocycles. The molecule has 0 unspecified atom stereocenters. The average molecular weight is 264 g/mol. The normalized spacial score (nSPS) is 11.4. The van der Waals surface area contributed by atoms with Gasteiger partial charge in [0.2, 0.25) is 0 Å². The Kier molecular flexibility index (Phi) is 5.51. The van der Waals surface area contributed by atoms with Crippen LogP contribution in [0.25, 0.3) is 0 Å². The highest BCUT2D eigenvalue weighted by atomic mass is 16.5. The lowest BCUT2D eigenvalue weighted by Gasteiger charge is -2.29. The third-order valence-electron chi connectivity index (χ3n) is 3.08. The number of benzene rings is 1. The van der Waals surface area contributed by atoms with E-state index in [1.165, 1.54) is 0 Å². The van der Waals surface area contributed by atoms with Gasteiger partial charge in [-0.3, -0.25) is 4.79 Å². The Bertz CT molecular complexity index is 413. The summed E-state index contributed by atoms with van der Waals surface area (Å²) in [7, 11) is 3.46. The number of nitrogens with two attached hydrogens (primary N) is 1. The second-order valence-corrected chi connectivity index (χ2v) is 5.66. The van der Waals surface area contributed by atoms with E-state index < -0.39 is 0 Å². The van der Waals surface area contributed by atoms with Crippen molar-refractivity contribution < 1.29 is 9.53 Å². The monoisotopic (exact) mass is 264 g/mol. The molecular weight excluding hydrogens is 240 g/mol. The van der Waals surface area contributed by atoms with Crippen molar-refractivity contribution in [3.05, 3.63) is 35.4 Å². The molecule has 106 valence electrons. The summed E-state index contributed by atoms with van der Waals surface area (Å²) in [5.74, 6) is 0.0190. The van der Waals surface area contributed by atoms with E-state index in [0.717, 1.165) is 5.56 Å². The zero-order chi connectivity index (χ0) is 14.5. The fourth-order valence-electron chi connectivity index (χ4n) is 1.91. The van der Waals surface area contributed by atoms with Crippen molar-refractivity contribution in [2.45, 2.75) is 20.5 Å². The minimum atomic E-state index is -0.0690. The molecule has 0 aliphatic rings. The van der Waals surface area contributed by atoms with E-state index in [1.807, 2.05) is 31.3 Å². The molecule has 0 radical (unpaired) electrons. The van der Waals surface area contributed by atoms with Crippen LogP contribution in [0.5, 0.6) is 0 Å². The molecule has 0 saturated heterocycles. The van der Waals surface area contributed by atoms with Gasteiger partial charge in [0, 0.05) is 26.3 Å². The van der Waals surface area contributed by atoms with Gasteiger partial charge in [0.15, 0.2) is 0 Å². The molecule has 4 nitrogen and oxygen atoms in total. The van der Waals surface area contributed by atoms with E-state index in [4.69, 9.17) is 10.5 Å². The Morgan fingerprint density at radius 3 is 2.37 bits per heavy atom. The van der Waals surface area contributed by atoms with Gasteiger partial charge in [-0.15, -0.1) is 0 Å². The van der Waals surface area contributed by atoms with Gasteiger partial charge in [-0.05, 0) is 29.7 Å². The van der Waals surface area contributed by atoms with Crippen molar-refractivity contribution in [3.63, 3.8) is 0 Å². The summed E-state index contributed by atoms with van der Waals surface area (Å²) in [5, 5.41) is 0. The standard InChI is InChI=1S/C15H24N2O2/c1-15(2,10-16)11-17(3)14(18)13-7-5-12(6-8-13)9-19-4/h5-8H,9-11,16H2,1-4H3. The SMILES string of the molecule is COCc1ccc(C(=O)N(C)CC(C)(C)CN)cc1. The van der Waals surface area contributed by atoms with Crippen LogP contribution >= 0.6 is 0 Å². The maximum Gasteiger partial charge on any atom is 0.253 e. The maximum atomic E-state index is 12.3. The molecule has 0 atom stereocenters. The maximum absolute atomic E-state index is 12.3. The predicted octanol–water partition coefficient (Wildman–Crippen LogP) is 1.89. The highest BCUT2D eigenvalue weighted by Gasteiger charge is 2.21. The molecule has 1 aromatic carbocycles. The zero-order valence-corrected chi connectivity index (χ0v) is 12.3. The van der Waals surface area contributed by atoms with E-state index >= 15 is 0 Å². The molecule has 0 aliphatic carbocycles. The van der Waals surface area contributed by atoms with Crippen LogP contribution in [-0.2, 0) is 11.3 Å². The quantitative estimate of drug-likeness (QED) is 0.853. The van der Waals surface area contributed by atoms with Gasteiger partial charge in [-0.25, -0.2) is 0 Å². The number of hydrogen-bond acceptors (Lipinski definition) is 3. The van der Waals surface area contributed by atoms with Crippen LogP contribution in [0.2, 0.25) is 0 Å². The highest BCUT2D eigenvalue weighted by Crippen LogP contribution is 2.16. The lowest BCUT2D eigenvalue weighted by atomic mass is 9.93. The number of amides is 1. The number of ether oxygens (including phenoxy) is 1. The van der Waals surface area contributed by atoms with Crippen molar-refractivity contribution in [1.82, 2.24) is 4.90 Å². The smallest absolute Gasteiger partial charge is 0.253 e. The first-order valence-electron chi connectivity index (χ1n) is 6.43. The zero-order valence-electron chi connectivity index (χ0n) is 12.3. The van der Waals surface area contributed by atoms with Crippen LogP contribution in [0, 0.1) is 5.41 Å². The summed E-state index contributed by atoms with van der Waals surface area (Å²) in [6, 6.07) is 7.50. The molecular formula is C15H24N2O2. The van der Waals surface area contributed by atoms with Gasteiger partial charge in [0.1, 0.15) is 0 Å². The van der Waals surface area contributed by atoms with Gasteiger partial charge >= 0.3 is 0 Å². The Hall–Kier alpha value is -1.39. The van der Waals surface area contributed by atoms with Gasteiger partial charge in [-0.2, -0.15) is 0 Å². The highest BCUT2D eigenvalue weighted by molar-refractivity contribution is 5.94. The van der Waals surface area contributed by atoms with Gasteiger partial charge in [0.05, 0.1) is 6.61 Å². The fraction of sp³-hybridized carbons (Fsp3) is 0.533. The molecule has 19 heavy (non-hydrogen) atoms. The van der Waals surface area contributed by atoms with Crippen molar-refractivity contribution in [3.8, 4) is 0 Å². The molecule has 0 aliphatic heterocycles. The number of nitrogens with zero attached hydrogens (tertiary/aromatic N) is 1. The first kappa shape index (κ1) is 15.7. The third kappa shape index (κ3) is 4.65. The second-order valence-electron chi connectivity index (χ2n) is 5.66. The minimum Gasteiger partial charge on any atom is -0.380 e. The van der Waals surface area contributed by atoms with Crippen LogP contribution in [0.4, 0.5) is 0 Å². The van der Waals surface area contributed by atoms with E-state index in [-0.39, 0.29) is 11.3 Å². The van der Waals surface area contributed by atoms with Gasteiger partial charge in [0.25, 0.3) is 5.91 Å². The van der Waals surface area contributed by atoms with Crippen LogP contribution in [-0.4, -0.2) is 38.1 Å². The molecule has 4 heteroatoms. The molecule has 0 heterocycles. The Morgan fingerprint density at radius 1 is 1.32 bits per heavy atom. The lowest BCUT2D eigenvalue weighted by Crippen LogP contribution is -2.39. The number of carbonyl (C=O) groups excluding carboxylic acids is 1. The summed E-state index contributed by atoms with van der Waals surface area (Å²) in [6.45, 7) is 5.86. The summed E-state index contributed by atoms with van der Waals surface area (Å²) in [6.07, 6.45) is 0. The van der Waals surface area contributed by atoms with Crippen LogP contribution < -0.4 is 5.73 Å². The van der Waals surface area contributed by atoms with E-state index in [1.54, 1.807) is 12.0 Å². The van der Waals surface area contributed by atoms with Crippen molar-refractivity contribution in [1.29, 1.82) is 0 Å². The summed E-state index contributed by atoms with van der Waals surface area (Å²) < 4.78 is 5.05. The largest absolute Gasteiger partial charge is 0.380 e.